The van der Waals surface area contributed by atoms with Gasteiger partial charge in [-0.3, -0.25) is 0 Å². The van der Waals surface area contributed by atoms with Crippen LogP contribution >= 0.6 is 0 Å². The van der Waals surface area contributed by atoms with Gasteiger partial charge >= 0.3 is 0 Å². The molecule has 0 aromatic carbocycles. The SMILES string of the molecule is C[N+](C)(C)CCCOC1CC2CCC3CCCC3N2N1. The number of nitrogens with one attached hydrogen (secondary N) is 1. The highest BCUT2D eigenvalue weighted by atomic mass is 16.5. The third kappa shape index (κ3) is 3.35. The first-order chi connectivity index (χ1) is 9.53. The molecular formula is C16H32N3O+. The van der Waals surface area contributed by atoms with E-state index in [1.807, 2.05) is 0 Å². The van der Waals surface area contributed by atoms with E-state index in [0.29, 0.717) is 0 Å². The van der Waals surface area contributed by atoms with Gasteiger partial charge < -0.3 is 9.22 Å². The van der Waals surface area contributed by atoms with Crippen LogP contribution in [-0.2, 0) is 4.74 Å². The van der Waals surface area contributed by atoms with Crippen molar-refractivity contribution >= 4 is 0 Å². The van der Waals surface area contributed by atoms with Crippen molar-refractivity contribution in [2.24, 2.45) is 5.92 Å². The average Bonchev–Trinajstić information content (AvgIpc) is 2.98. The molecule has 0 aromatic heterocycles. The second-order valence-corrected chi connectivity index (χ2v) is 7.99. The minimum absolute atomic E-state index is 0.270. The van der Waals surface area contributed by atoms with E-state index in [9.17, 15) is 0 Å². The van der Waals surface area contributed by atoms with Crippen LogP contribution in [0.5, 0.6) is 0 Å². The van der Waals surface area contributed by atoms with Crippen LogP contribution in [0.1, 0.15) is 44.9 Å². The molecule has 0 spiro atoms. The molecule has 116 valence electrons. The van der Waals surface area contributed by atoms with Crippen molar-refractivity contribution in [2.45, 2.75) is 63.3 Å². The van der Waals surface area contributed by atoms with E-state index in [1.165, 1.54) is 45.1 Å². The Morgan fingerprint density at radius 1 is 1.15 bits per heavy atom. The minimum atomic E-state index is 0.270. The number of piperidine rings is 1. The number of hydrogen-bond acceptors (Lipinski definition) is 3. The Kier molecular flexibility index (Phi) is 4.37. The molecule has 1 saturated carbocycles. The maximum Gasteiger partial charge on any atom is 0.122 e. The minimum Gasteiger partial charge on any atom is -0.362 e. The van der Waals surface area contributed by atoms with Gasteiger partial charge in [0.15, 0.2) is 0 Å². The molecule has 20 heavy (non-hydrogen) atoms. The van der Waals surface area contributed by atoms with E-state index < -0.39 is 0 Å². The van der Waals surface area contributed by atoms with E-state index in [4.69, 9.17) is 4.74 Å². The lowest BCUT2D eigenvalue weighted by molar-refractivity contribution is -0.870. The third-order valence-electron chi connectivity index (χ3n) is 5.31. The number of fused-ring (bicyclic) bond motifs is 3. The number of ether oxygens (including phenoxy) is 1. The summed E-state index contributed by atoms with van der Waals surface area (Å²) < 4.78 is 7.10. The van der Waals surface area contributed by atoms with Gasteiger partial charge in [-0.05, 0) is 31.6 Å². The van der Waals surface area contributed by atoms with Crippen molar-refractivity contribution in [3.05, 3.63) is 0 Å². The Balaban J connectivity index is 1.43. The highest BCUT2D eigenvalue weighted by molar-refractivity contribution is 4.95. The largest absolute Gasteiger partial charge is 0.362 e. The first-order valence-electron chi connectivity index (χ1n) is 8.49. The summed E-state index contributed by atoms with van der Waals surface area (Å²) in [4.78, 5) is 0. The fraction of sp³-hybridized carbons (Fsp3) is 1.00. The second kappa shape index (κ2) is 5.91. The van der Waals surface area contributed by atoms with Crippen LogP contribution in [0.4, 0.5) is 0 Å². The maximum atomic E-state index is 6.08. The summed E-state index contributed by atoms with van der Waals surface area (Å²) in [7, 11) is 6.73. The van der Waals surface area contributed by atoms with Crippen molar-refractivity contribution in [2.75, 3.05) is 34.3 Å². The molecule has 0 aromatic rings. The average molecular weight is 282 g/mol. The summed E-state index contributed by atoms with van der Waals surface area (Å²) >= 11 is 0. The van der Waals surface area contributed by atoms with Crippen LogP contribution in [0.25, 0.3) is 0 Å². The molecule has 4 unspecified atom stereocenters. The fourth-order valence-electron chi connectivity index (χ4n) is 4.30. The molecule has 3 aliphatic rings. The van der Waals surface area contributed by atoms with Crippen molar-refractivity contribution < 1.29 is 9.22 Å². The lowest BCUT2D eigenvalue weighted by atomic mass is 9.89. The smallest absolute Gasteiger partial charge is 0.122 e. The standard InChI is InChI=1S/C16H32N3O/c1-19(2,3)10-5-11-20-16-12-14-9-8-13-6-4-7-15(13)18(14)17-16/h13-17H,4-12H2,1-3H3/q+1. The molecule has 0 bridgehead atoms. The lowest BCUT2D eigenvalue weighted by Crippen LogP contribution is -2.51. The molecule has 4 nitrogen and oxygen atoms in total. The first-order valence-corrected chi connectivity index (χ1v) is 8.49. The zero-order chi connectivity index (χ0) is 14.2. The zero-order valence-electron chi connectivity index (χ0n) is 13.5. The van der Waals surface area contributed by atoms with Gasteiger partial charge in [-0.2, -0.15) is 0 Å². The van der Waals surface area contributed by atoms with Gasteiger partial charge in [-0.1, -0.05) is 6.42 Å². The Morgan fingerprint density at radius 3 is 2.80 bits per heavy atom. The van der Waals surface area contributed by atoms with E-state index in [2.05, 4.69) is 31.6 Å². The molecule has 2 saturated heterocycles. The molecule has 2 aliphatic heterocycles. The van der Waals surface area contributed by atoms with Crippen molar-refractivity contribution in [3.63, 3.8) is 0 Å². The highest BCUT2D eigenvalue weighted by Crippen LogP contribution is 2.41. The summed E-state index contributed by atoms with van der Waals surface area (Å²) in [5.41, 5.74) is 3.67. The van der Waals surface area contributed by atoms with Crippen LogP contribution < -0.4 is 5.43 Å². The van der Waals surface area contributed by atoms with E-state index in [0.717, 1.165) is 35.5 Å². The summed E-state index contributed by atoms with van der Waals surface area (Å²) in [6.45, 7) is 2.08. The number of rotatable bonds is 5. The summed E-state index contributed by atoms with van der Waals surface area (Å²) in [5.74, 6) is 0.954. The van der Waals surface area contributed by atoms with Gasteiger partial charge in [0.25, 0.3) is 0 Å². The van der Waals surface area contributed by atoms with Gasteiger partial charge in [0.1, 0.15) is 6.23 Å². The normalized spacial score (nSPS) is 38.0. The molecular weight excluding hydrogens is 250 g/mol. The predicted molar refractivity (Wildman–Crippen MR) is 81.0 cm³/mol. The molecule has 3 rings (SSSR count). The molecule has 3 fully saturated rings. The summed E-state index contributed by atoms with van der Waals surface area (Å²) in [6.07, 6.45) is 9.69. The first kappa shape index (κ1) is 14.8. The van der Waals surface area contributed by atoms with Gasteiger partial charge in [0.05, 0.1) is 34.3 Å². The number of hydrazine groups is 1. The predicted octanol–water partition coefficient (Wildman–Crippen LogP) is 1.97. The van der Waals surface area contributed by atoms with Gasteiger partial charge in [0, 0.05) is 24.9 Å². The summed E-state index contributed by atoms with van der Waals surface area (Å²) in [6, 6.07) is 1.53. The fourth-order valence-corrected chi connectivity index (χ4v) is 4.30. The third-order valence-corrected chi connectivity index (χ3v) is 5.31. The Bertz CT molecular complexity index is 328. The Hall–Kier alpha value is -0.160. The quantitative estimate of drug-likeness (QED) is 0.616. The molecule has 0 amide bonds. The highest BCUT2D eigenvalue weighted by Gasteiger charge is 2.44. The monoisotopic (exact) mass is 282 g/mol. The van der Waals surface area contributed by atoms with Crippen molar-refractivity contribution in [1.82, 2.24) is 10.4 Å². The molecule has 2 heterocycles. The van der Waals surface area contributed by atoms with Crippen LogP contribution in [0.2, 0.25) is 0 Å². The van der Waals surface area contributed by atoms with Crippen molar-refractivity contribution in [3.8, 4) is 0 Å². The van der Waals surface area contributed by atoms with E-state index in [1.54, 1.807) is 0 Å². The van der Waals surface area contributed by atoms with Crippen molar-refractivity contribution in [1.29, 1.82) is 0 Å². The topological polar surface area (TPSA) is 24.5 Å². The molecule has 1 aliphatic carbocycles. The number of nitrogens with zero attached hydrogens (tertiary/aromatic N) is 2. The van der Waals surface area contributed by atoms with Gasteiger partial charge in [-0.25, -0.2) is 10.4 Å². The summed E-state index contributed by atoms with van der Waals surface area (Å²) in [5, 5.41) is 2.58. The van der Waals surface area contributed by atoms with E-state index >= 15 is 0 Å². The number of quaternary nitrogens is 1. The molecule has 1 N–H and O–H groups in total. The molecule has 0 radical (unpaired) electrons. The Morgan fingerprint density at radius 2 is 2.00 bits per heavy atom. The second-order valence-electron chi connectivity index (χ2n) is 7.99. The lowest BCUT2D eigenvalue weighted by Gasteiger charge is -2.39. The van der Waals surface area contributed by atoms with Crippen LogP contribution in [-0.4, -0.2) is 62.1 Å². The van der Waals surface area contributed by atoms with Gasteiger partial charge in [-0.15, -0.1) is 0 Å². The van der Waals surface area contributed by atoms with Crippen LogP contribution in [0, 0.1) is 5.92 Å². The van der Waals surface area contributed by atoms with Crippen LogP contribution in [0.15, 0.2) is 0 Å². The van der Waals surface area contributed by atoms with Gasteiger partial charge in [0.2, 0.25) is 0 Å². The van der Waals surface area contributed by atoms with Crippen LogP contribution in [0.3, 0.4) is 0 Å². The molecule has 4 heteroatoms. The van der Waals surface area contributed by atoms with E-state index in [-0.39, 0.29) is 6.23 Å². The Labute approximate surface area is 124 Å². The number of hydrogen-bond donors (Lipinski definition) is 1. The molecule has 4 atom stereocenters. The zero-order valence-corrected chi connectivity index (χ0v) is 13.5. The maximum absolute atomic E-state index is 6.08.